The smallest absolute Gasteiger partial charge is 0.336 e. The number of benzene rings is 1. The highest BCUT2D eigenvalue weighted by atomic mass is 16.5. The number of rotatable bonds is 8. The van der Waals surface area contributed by atoms with Crippen molar-refractivity contribution in [1.29, 1.82) is 0 Å². The molecule has 0 fully saturated rings. The van der Waals surface area contributed by atoms with E-state index in [1.807, 2.05) is 0 Å². The van der Waals surface area contributed by atoms with E-state index < -0.39 is 53.8 Å². The van der Waals surface area contributed by atoms with Crippen molar-refractivity contribution >= 4 is 30.0 Å². The molecule has 1 rings (SSSR count). The van der Waals surface area contributed by atoms with Crippen LogP contribution in [0.25, 0.3) is 6.08 Å². The number of aliphatic carboxylic acids is 3. The molecule has 0 aliphatic carbocycles. The Morgan fingerprint density at radius 3 is 2.24 bits per heavy atom. The molecule has 0 saturated carbocycles. The molecule has 1 atom stereocenters. The van der Waals surface area contributed by atoms with Crippen molar-refractivity contribution in [3.05, 3.63) is 29.8 Å². The lowest BCUT2D eigenvalue weighted by atomic mass is 9.96. The van der Waals surface area contributed by atoms with Gasteiger partial charge in [0.1, 0.15) is 0 Å². The van der Waals surface area contributed by atoms with Crippen molar-refractivity contribution in [3.63, 3.8) is 0 Å². The average molecular weight is 354 g/mol. The molecule has 5 N–H and O–H groups in total. The molecule has 0 spiro atoms. The predicted octanol–water partition coefficient (Wildman–Crippen LogP) is 0.0759. The molecule has 25 heavy (non-hydrogen) atoms. The number of carbonyl (C=O) groups excluding carboxylic acids is 1. The molecule has 1 unspecified atom stereocenters. The van der Waals surface area contributed by atoms with Crippen LogP contribution in [0.5, 0.6) is 11.5 Å². The van der Waals surface area contributed by atoms with Gasteiger partial charge in [0, 0.05) is 6.08 Å². The maximum Gasteiger partial charge on any atom is 0.336 e. The normalized spacial score (nSPS) is 13.2. The summed E-state index contributed by atoms with van der Waals surface area (Å²) in [5.41, 5.74) is -2.62. The molecule has 1 aromatic rings. The molecular weight excluding hydrogens is 340 g/mol. The number of phenols is 1. The zero-order valence-electron chi connectivity index (χ0n) is 12.6. The van der Waals surface area contributed by atoms with Crippen LogP contribution in [0.15, 0.2) is 24.3 Å². The lowest BCUT2D eigenvalue weighted by molar-refractivity contribution is -0.169. The Labute approximate surface area is 140 Å². The van der Waals surface area contributed by atoms with Gasteiger partial charge < -0.3 is 30.3 Å². The number of carbonyl (C=O) groups is 4. The van der Waals surface area contributed by atoms with Crippen molar-refractivity contribution < 1.29 is 49.4 Å². The third-order valence-electron chi connectivity index (χ3n) is 2.90. The summed E-state index contributed by atoms with van der Waals surface area (Å²) < 4.78 is 4.73. The van der Waals surface area contributed by atoms with Gasteiger partial charge >= 0.3 is 23.9 Å². The molecule has 10 nitrogen and oxygen atoms in total. The van der Waals surface area contributed by atoms with Crippen LogP contribution in [0.2, 0.25) is 0 Å². The fourth-order valence-electron chi connectivity index (χ4n) is 1.75. The first kappa shape index (κ1) is 19.6. The maximum atomic E-state index is 11.8. The van der Waals surface area contributed by atoms with Gasteiger partial charge in [0.25, 0.3) is 0 Å². The lowest BCUT2D eigenvalue weighted by Gasteiger charge is -2.20. The minimum absolute atomic E-state index is 0.252. The van der Waals surface area contributed by atoms with Crippen LogP contribution in [0, 0.1) is 0 Å². The third kappa shape index (κ3) is 5.95. The number of carboxylic acid groups (broad SMARTS) is 3. The Bertz CT molecular complexity index is 736. The number of hydrogen-bond donors (Lipinski definition) is 5. The maximum absolute atomic E-state index is 11.8. The van der Waals surface area contributed by atoms with Gasteiger partial charge in [-0.2, -0.15) is 0 Å². The highest BCUT2D eigenvalue weighted by Crippen LogP contribution is 2.28. The van der Waals surface area contributed by atoms with E-state index in [0.29, 0.717) is 0 Å². The quantitative estimate of drug-likeness (QED) is 0.244. The van der Waals surface area contributed by atoms with E-state index in [2.05, 4.69) is 0 Å². The van der Waals surface area contributed by atoms with Gasteiger partial charge in [0.2, 0.25) is 0 Å². The van der Waals surface area contributed by atoms with Gasteiger partial charge in [-0.15, -0.1) is 0 Å². The summed E-state index contributed by atoms with van der Waals surface area (Å²) in [6.45, 7) is 0. The molecule has 0 heterocycles. The highest BCUT2D eigenvalue weighted by Gasteiger charge is 2.41. The zero-order valence-corrected chi connectivity index (χ0v) is 12.6. The molecule has 0 radical (unpaired) electrons. The molecule has 0 aromatic heterocycles. The Balaban J connectivity index is 2.95. The minimum Gasteiger partial charge on any atom is -0.504 e. The Hall–Kier alpha value is -3.40. The summed E-state index contributed by atoms with van der Waals surface area (Å²) in [6, 6.07) is 3.53. The van der Waals surface area contributed by atoms with Crippen LogP contribution >= 0.6 is 0 Å². The zero-order chi connectivity index (χ0) is 19.2. The van der Waals surface area contributed by atoms with Crippen LogP contribution < -0.4 is 4.74 Å². The highest BCUT2D eigenvalue weighted by molar-refractivity contribution is 5.89. The summed E-state index contributed by atoms with van der Waals surface area (Å²) in [7, 11) is 0. The van der Waals surface area contributed by atoms with Crippen LogP contribution in [0.3, 0.4) is 0 Å². The number of aromatic hydroxyl groups is 1. The van der Waals surface area contributed by atoms with Gasteiger partial charge in [-0.1, -0.05) is 6.07 Å². The van der Waals surface area contributed by atoms with Crippen LogP contribution in [0.1, 0.15) is 18.4 Å². The fraction of sp³-hybridized carbons (Fsp3) is 0.200. The van der Waals surface area contributed by atoms with Crippen LogP contribution in [-0.4, -0.2) is 55.0 Å². The second-order valence-corrected chi connectivity index (χ2v) is 4.96. The molecule has 10 heteroatoms. The minimum atomic E-state index is -2.88. The summed E-state index contributed by atoms with van der Waals surface area (Å²) in [4.78, 5) is 43.8. The molecule has 0 saturated heterocycles. The fourth-order valence-corrected chi connectivity index (χ4v) is 1.75. The first-order valence-corrected chi connectivity index (χ1v) is 6.66. The van der Waals surface area contributed by atoms with Crippen molar-refractivity contribution in [3.8, 4) is 11.5 Å². The van der Waals surface area contributed by atoms with Crippen molar-refractivity contribution in [2.45, 2.75) is 18.4 Å². The van der Waals surface area contributed by atoms with E-state index in [4.69, 9.17) is 20.1 Å². The second-order valence-electron chi connectivity index (χ2n) is 4.96. The molecular formula is C15H14O10. The standard InChI is InChI=1S/C15H14O10/c16-9-3-1-8(2-4-11(17)18)5-10(9)25-13(21)7-15(24,14(22)23)6-12(19)20/h1-5,16,24H,6-7H2,(H,17,18)(H,19,20)(H,22,23)/b4-2+. The van der Waals surface area contributed by atoms with Crippen LogP contribution in [0.4, 0.5) is 0 Å². The lowest BCUT2D eigenvalue weighted by Crippen LogP contribution is -2.43. The van der Waals surface area contributed by atoms with E-state index in [1.54, 1.807) is 0 Å². The number of ether oxygens (including phenoxy) is 1. The monoisotopic (exact) mass is 354 g/mol. The van der Waals surface area contributed by atoms with Crippen molar-refractivity contribution in [2.24, 2.45) is 0 Å². The number of esters is 1. The number of phenolic OH excluding ortho intramolecular Hbond substituents is 1. The van der Waals surface area contributed by atoms with Gasteiger partial charge in [-0.3, -0.25) is 9.59 Å². The van der Waals surface area contributed by atoms with Gasteiger partial charge in [0.15, 0.2) is 17.1 Å². The summed E-state index contributed by atoms with van der Waals surface area (Å²) in [5, 5.41) is 45.4. The number of carboxylic acids is 3. The van der Waals surface area contributed by atoms with E-state index in [0.717, 1.165) is 24.3 Å². The first-order valence-electron chi connectivity index (χ1n) is 6.66. The Kier molecular flexibility index (Phi) is 6.23. The molecule has 0 aliphatic rings. The van der Waals surface area contributed by atoms with Gasteiger partial charge in [-0.05, 0) is 23.8 Å². The van der Waals surface area contributed by atoms with E-state index in [-0.39, 0.29) is 5.56 Å². The van der Waals surface area contributed by atoms with Crippen molar-refractivity contribution in [2.75, 3.05) is 0 Å². The Morgan fingerprint density at radius 1 is 1.08 bits per heavy atom. The second kappa shape index (κ2) is 7.93. The number of hydrogen-bond acceptors (Lipinski definition) is 7. The topological polar surface area (TPSA) is 179 Å². The molecule has 1 aromatic carbocycles. The van der Waals surface area contributed by atoms with E-state index in [1.165, 1.54) is 6.07 Å². The van der Waals surface area contributed by atoms with Gasteiger partial charge in [0.05, 0.1) is 12.8 Å². The van der Waals surface area contributed by atoms with Crippen molar-refractivity contribution in [1.82, 2.24) is 0 Å². The number of aliphatic hydroxyl groups is 1. The first-order chi connectivity index (χ1) is 11.5. The van der Waals surface area contributed by atoms with E-state index >= 15 is 0 Å². The van der Waals surface area contributed by atoms with Gasteiger partial charge in [-0.25, -0.2) is 9.59 Å². The summed E-state index contributed by atoms with van der Waals surface area (Å²) >= 11 is 0. The molecule has 134 valence electrons. The van der Waals surface area contributed by atoms with E-state index in [9.17, 15) is 29.4 Å². The molecule has 0 aliphatic heterocycles. The SMILES string of the molecule is O=C(O)/C=C/c1ccc(O)c(OC(=O)CC(O)(CC(=O)O)C(=O)O)c1. The Morgan fingerprint density at radius 2 is 1.72 bits per heavy atom. The summed E-state index contributed by atoms with van der Waals surface area (Å²) in [6.07, 6.45) is -0.459. The molecule has 0 amide bonds. The predicted molar refractivity (Wildman–Crippen MR) is 79.9 cm³/mol. The summed E-state index contributed by atoms with van der Waals surface area (Å²) in [5.74, 6) is -7.01. The average Bonchev–Trinajstić information content (AvgIpc) is 2.46. The van der Waals surface area contributed by atoms with Crippen LogP contribution in [-0.2, 0) is 19.2 Å². The third-order valence-corrected chi connectivity index (χ3v) is 2.90. The molecule has 0 bridgehead atoms. The largest absolute Gasteiger partial charge is 0.504 e.